The monoisotopic (exact) mass is 236 g/mol. The van der Waals surface area contributed by atoms with Crippen molar-refractivity contribution < 1.29 is 8.42 Å². The van der Waals surface area contributed by atoms with Crippen molar-refractivity contribution in [2.75, 3.05) is 19.0 Å². The molecule has 0 heterocycles. The summed E-state index contributed by atoms with van der Waals surface area (Å²) in [5.74, 6) is 0. The molecule has 4 nitrogen and oxygen atoms in total. The largest absolute Gasteiger partial charge is 0.377 e. The van der Waals surface area contributed by atoms with Crippen LogP contribution >= 0.6 is 0 Å². The standard InChI is InChI=1S/C11H12N2O2S/c1-9(8-12)16(14,15)11-7-5-4-6-10(11)13(2)3/h4-7H,1H2,2-3H3. The Morgan fingerprint density at radius 1 is 1.38 bits per heavy atom. The minimum absolute atomic E-state index is 0.103. The van der Waals surface area contributed by atoms with Gasteiger partial charge in [-0.3, -0.25) is 0 Å². The van der Waals surface area contributed by atoms with Crippen molar-refractivity contribution in [3.05, 3.63) is 35.7 Å². The normalized spacial score (nSPS) is 10.6. The Bertz CT molecular complexity index is 554. The van der Waals surface area contributed by atoms with E-state index in [4.69, 9.17) is 5.26 Å². The van der Waals surface area contributed by atoms with Gasteiger partial charge in [0.05, 0.1) is 10.6 Å². The van der Waals surface area contributed by atoms with E-state index in [-0.39, 0.29) is 4.90 Å². The molecule has 0 atom stereocenters. The van der Waals surface area contributed by atoms with Crippen LogP contribution in [0, 0.1) is 11.3 Å². The number of para-hydroxylation sites is 1. The molecule has 84 valence electrons. The zero-order valence-corrected chi connectivity index (χ0v) is 9.95. The highest BCUT2D eigenvalue weighted by atomic mass is 32.2. The maximum absolute atomic E-state index is 11.9. The van der Waals surface area contributed by atoms with Gasteiger partial charge in [-0.2, -0.15) is 5.26 Å². The molecular weight excluding hydrogens is 224 g/mol. The van der Waals surface area contributed by atoms with Crippen molar-refractivity contribution in [3.8, 4) is 6.07 Å². The van der Waals surface area contributed by atoms with E-state index in [0.717, 1.165) is 0 Å². The Morgan fingerprint density at radius 2 is 1.94 bits per heavy atom. The first kappa shape index (κ1) is 12.3. The van der Waals surface area contributed by atoms with Crippen molar-refractivity contribution in [3.63, 3.8) is 0 Å². The maximum atomic E-state index is 11.9. The van der Waals surface area contributed by atoms with Crippen LogP contribution in [0.25, 0.3) is 0 Å². The average Bonchev–Trinajstić information content (AvgIpc) is 2.27. The van der Waals surface area contributed by atoms with Gasteiger partial charge < -0.3 is 4.90 Å². The molecule has 0 radical (unpaired) electrons. The first-order valence-corrected chi connectivity index (χ1v) is 6.00. The average molecular weight is 236 g/mol. The summed E-state index contributed by atoms with van der Waals surface area (Å²) in [5.41, 5.74) is 0.541. The first-order chi connectivity index (χ1) is 7.41. The highest BCUT2D eigenvalue weighted by Crippen LogP contribution is 2.27. The number of anilines is 1. The number of nitrogens with zero attached hydrogens (tertiary/aromatic N) is 2. The lowest BCUT2D eigenvalue weighted by Gasteiger charge is -2.16. The second-order valence-corrected chi connectivity index (χ2v) is 5.34. The Hall–Kier alpha value is -1.80. The van der Waals surface area contributed by atoms with Gasteiger partial charge in [0.2, 0.25) is 9.84 Å². The van der Waals surface area contributed by atoms with Crippen LogP contribution in [-0.4, -0.2) is 22.5 Å². The molecule has 1 rings (SSSR count). The van der Waals surface area contributed by atoms with Crippen molar-refractivity contribution in [2.24, 2.45) is 0 Å². The molecule has 1 aromatic carbocycles. The molecule has 0 amide bonds. The van der Waals surface area contributed by atoms with E-state index in [1.807, 2.05) is 0 Å². The molecule has 0 aliphatic heterocycles. The van der Waals surface area contributed by atoms with Crippen LogP contribution in [0.4, 0.5) is 5.69 Å². The molecule has 0 unspecified atom stereocenters. The van der Waals surface area contributed by atoms with Gasteiger partial charge >= 0.3 is 0 Å². The number of hydrogen-bond donors (Lipinski definition) is 0. The van der Waals surface area contributed by atoms with Crippen molar-refractivity contribution in [1.82, 2.24) is 0 Å². The number of rotatable bonds is 3. The predicted molar refractivity (Wildman–Crippen MR) is 62.7 cm³/mol. The van der Waals surface area contributed by atoms with E-state index in [1.165, 1.54) is 6.07 Å². The van der Waals surface area contributed by atoms with Crippen molar-refractivity contribution in [2.45, 2.75) is 4.90 Å². The summed E-state index contributed by atoms with van der Waals surface area (Å²) in [4.78, 5) is 1.34. The number of benzene rings is 1. The van der Waals surface area contributed by atoms with Gasteiger partial charge in [-0.05, 0) is 12.1 Å². The number of sulfone groups is 1. The lowest BCUT2D eigenvalue weighted by atomic mass is 10.3. The molecule has 16 heavy (non-hydrogen) atoms. The van der Waals surface area contributed by atoms with Crippen LogP contribution in [0.5, 0.6) is 0 Å². The molecule has 0 bridgehead atoms. The number of nitriles is 1. The summed E-state index contributed by atoms with van der Waals surface area (Å²) in [6.07, 6.45) is 0. The van der Waals surface area contributed by atoms with Gasteiger partial charge in [-0.15, -0.1) is 0 Å². The molecule has 1 aromatic rings. The lowest BCUT2D eigenvalue weighted by Crippen LogP contribution is -2.14. The third-order valence-electron chi connectivity index (χ3n) is 2.09. The van der Waals surface area contributed by atoms with Crippen LogP contribution in [0.15, 0.2) is 40.6 Å². The maximum Gasteiger partial charge on any atom is 0.218 e. The molecule has 0 N–H and O–H groups in total. The summed E-state index contributed by atoms with van der Waals surface area (Å²) < 4.78 is 23.9. The van der Waals surface area contributed by atoms with Crippen LogP contribution < -0.4 is 4.90 Å². The van der Waals surface area contributed by atoms with Gasteiger partial charge in [-0.1, -0.05) is 18.7 Å². The SMILES string of the molecule is C=C(C#N)S(=O)(=O)c1ccccc1N(C)C. The van der Waals surface area contributed by atoms with E-state index < -0.39 is 14.7 Å². The Kier molecular flexibility index (Phi) is 3.35. The van der Waals surface area contributed by atoms with E-state index in [2.05, 4.69) is 6.58 Å². The van der Waals surface area contributed by atoms with Crippen molar-refractivity contribution >= 4 is 15.5 Å². The lowest BCUT2D eigenvalue weighted by molar-refractivity contribution is 0.603. The molecule has 0 saturated carbocycles. The fourth-order valence-corrected chi connectivity index (χ4v) is 2.42. The van der Waals surface area contributed by atoms with Gasteiger partial charge in [0.25, 0.3) is 0 Å². The molecule has 0 aliphatic rings. The van der Waals surface area contributed by atoms with E-state index in [1.54, 1.807) is 43.3 Å². The van der Waals surface area contributed by atoms with Crippen LogP contribution in [0.3, 0.4) is 0 Å². The summed E-state index contributed by atoms with van der Waals surface area (Å²) >= 11 is 0. The summed E-state index contributed by atoms with van der Waals surface area (Å²) in [5, 5.41) is 8.62. The fourth-order valence-electron chi connectivity index (χ4n) is 1.25. The summed E-state index contributed by atoms with van der Waals surface area (Å²) in [6.45, 7) is 3.25. The highest BCUT2D eigenvalue weighted by Gasteiger charge is 2.22. The second kappa shape index (κ2) is 4.37. The Balaban J connectivity index is 3.47. The Morgan fingerprint density at radius 3 is 2.44 bits per heavy atom. The third kappa shape index (κ3) is 2.07. The molecule has 0 fully saturated rings. The second-order valence-electron chi connectivity index (χ2n) is 3.40. The van der Waals surface area contributed by atoms with Crippen molar-refractivity contribution in [1.29, 1.82) is 5.26 Å². The highest BCUT2D eigenvalue weighted by molar-refractivity contribution is 7.95. The van der Waals surface area contributed by atoms with E-state index >= 15 is 0 Å². The quantitative estimate of drug-likeness (QED) is 0.747. The molecule has 5 heteroatoms. The molecule has 0 aliphatic carbocycles. The fraction of sp³-hybridized carbons (Fsp3) is 0.182. The zero-order chi connectivity index (χ0) is 12.3. The molecule has 0 saturated heterocycles. The van der Waals surface area contributed by atoms with Gasteiger partial charge in [0.15, 0.2) is 0 Å². The topological polar surface area (TPSA) is 61.2 Å². The minimum atomic E-state index is -3.76. The Labute approximate surface area is 95.3 Å². The number of hydrogen-bond acceptors (Lipinski definition) is 4. The molecule has 0 aromatic heterocycles. The van der Waals surface area contributed by atoms with Gasteiger partial charge in [0, 0.05) is 14.1 Å². The number of allylic oxidation sites excluding steroid dienone is 1. The van der Waals surface area contributed by atoms with E-state index in [9.17, 15) is 8.42 Å². The van der Waals surface area contributed by atoms with Crippen LogP contribution in [0.1, 0.15) is 0 Å². The van der Waals surface area contributed by atoms with Crippen LogP contribution in [-0.2, 0) is 9.84 Å². The van der Waals surface area contributed by atoms with E-state index in [0.29, 0.717) is 5.69 Å². The summed E-state index contributed by atoms with van der Waals surface area (Å²) in [6, 6.07) is 8.07. The summed E-state index contributed by atoms with van der Waals surface area (Å²) in [7, 11) is -0.283. The molecular formula is C11H12N2O2S. The first-order valence-electron chi connectivity index (χ1n) is 4.51. The zero-order valence-electron chi connectivity index (χ0n) is 9.14. The minimum Gasteiger partial charge on any atom is -0.377 e. The smallest absolute Gasteiger partial charge is 0.218 e. The van der Waals surface area contributed by atoms with Crippen LogP contribution in [0.2, 0.25) is 0 Å². The molecule has 0 spiro atoms. The predicted octanol–water partition coefficient (Wildman–Crippen LogP) is 1.56. The third-order valence-corrected chi connectivity index (χ3v) is 3.75. The van der Waals surface area contributed by atoms with Gasteiger partial charge in [-0.25, -0.2) is 8.42 Å². The van der Waals surface area contributed by atoms with Gasteiger partial charge in [0.1, 0.15) is 11.0 Å².